The van der Waals surface area contributed by atoms with Gasteiger partial charge in [-0.2, -0.15) is 0 Å². The molecule has 0 aromatic rings. The molecular formula is C5H8F2N2S. The minimum Gasteiger partial charge on any atom is -0.376 e. The van der Waals surface area contributed by atoms with Crippen LogP contribution in [0.25, 0.3) is 0 Å². The van der Waals surface area contributed by atoms with Crippen molar-refractivity contribution in [3.63, 3.8) is 0 Å². The first-order valence-electron chi connectivity index (χ1n) is 2.94. The Morgan fingerprint density at radius 3 is 2.40 bits per heavy atom. The van der Waals surface area contributed by atoms with E-state index in [0.29, 0.717) is 13.1 Å². The number of hydrogen-bond donors (Lipinski definition) is 1. The van der Waals surface area contributed by atoms with Crippen LogP contribution in [0, 0.1) is 5.92 Å². The third-order valence-electron chi connectivity index (χ3n) is 1.58. The van der Waals surface area contributed by atoms with Gasteiger partial charge in [-0.05, 0) is 12.2 Å². The molecule has 0 amide bonds. The van der Waals surface area contributed by atoms with Gasteiger partial charge in [-0.15, -0.1) is 0 Å². The van der Waals surface area contributed by atoms with Crippen LogP contribution >= 0.6 is 12.2 Å². The van der Waals surface area contributed by atoms with Crippen molar-refractivity contribution >= 4 is 17.3 Å². The molecule has 58 valence electrons. The standard InChI is InChI=1S/C5H8F2N2S/c6-4(7)3-1-9(2-3)5(8)10/h3-4H,1-2H2,(H2,8,10). The molecule has 0 spiro atoms. The molecule has 1 aliphatic rings. The van der Waals surface area contributed by atoms with Crippen LogP contribution in [0.2, 0.25) is 0 Å². The normalized spacial score (nSPS) is 19.3. The average Bonchev–Trinajstić information content (AvgIpc) is 1.56. The second-order valence-corrected chi connectivity index (χ2v) is 2.76. The molecule has 0 bridgehead atoms. The van der Waals surface area contributed by atoms with Crippen molar-refractivity contribution in [3.05, 3.63) is 0 Å². The summed E-state index contributed by atoms with van der Waals surface area (Å²) in [5.74, 6) is -0.526. The fourth-order valence-electron chi connectivity index (χ4n) is 0.852. The van der Waals surface area contributed by atoms with Gasteiger partial charge in [0.05, 0.1) is 5.92 Å². The van der Waals surface area contributed by atoms with Crippen LogP contribution in [0.4, 0.5) is 8.78 Å². The van der Waals surface area contributed by atoms with Crippen molar-refractivity contribution in [2.75, 3.05) is 13.1 Å². The summed E-state index contributed by atoms with van der Waals surface area (Å²) < 4.78 is 23.6. The lowest BCUT2D eigenvalue weighted by Crippen LogP contribution is -2.54. The number of alkyl halides is 2. The van der Waals surface area contributed by atoms with Crippen molar-refractivity contribution in [2.45, 2.75) is 6.43 Å². The van der Waals surface area contributed by atoms with Gasteiger partial charge in [0.25, 0.3) is 0 Å². The molecule has 0 unspecified atom stereocenters. The van der Waals surface area contributed by atoms with Gasteiger partial charge in [0.15, 0.2) is 5.11 Å². The van der Waals surface area contributed by atoms with Crippen molar-refractivity contribution in [3.8, 4) is 0 Å². The Balaban J connectivity index is 2.24. The Morgan fingerprint density at radius 1 is 1.60 bits per heavy atom. The van der Waals surface area contributed by atoms with Gasteiger partial charge in [0.1, 0.15) is 0 Å². The van der Waals surface area contributed by atoms with E-state index >= 15 is 0 Å². The maximum Gasteiger partial charge on any atom is 0.244 e. The SMILES string of the molecule is NC(=S)N1CC(C(F)F)C1. The smallest absolute Gasteiger partial charge is 0.244 e. The van der Waals surface area contributed by atoms with Gasteiger partial charge >= 0.3 is 0 Å². The first kappa shape index (κ1) is 7.65. The van der Waals surface area contributed by atoms with E-state index in [0.717, 1.165) is 0 Å². The third-order valence-corrected chi connectivity index (χ3v) is 1.84. The molecule has 10 heavy (non-hydrogen) atoms. The van der Waals surface area contributed by atoms with Gasteiger partial charge < -0.3 is 10.6 Å². The second kappa shape index (κ2) is 2.65. The number of rotatable bonds is 1. The molecule has 0 radical (unpaired) electrons. The van der Waals surface area contributed by atoms with E-state index in [4.69, 9.17) is 5.73 Å². The summed E-state index contributed by atoms with van der Waals surface area (Å²) in [6.07, 6.45) is -2.23. The van der Waals surface area contributed by atoms with Crippen molar-refractivity contribution < 1.29 is 8.78 Å². The third kappa shape index (κ3) is 1.34. The lowest BCUT2D eigenvalue weighted by molar-refractivity contribution is 0.00722. The van der Waals surface area contributed by atoms with Crippen LogP contribution in [0.15, 0.2) is 0 Å². The van der Waals surface area contributed by atoms with E-state index in [9.17, 15) is 8.78 Å². The minimum atomic E-state index is -2.23. The molecule has 1 fully saturated rings. The lowest BCUT2D eigenvalue weighted by Gasteiger charge is -2.38. The van der Waals surface area contributed by atoms with Gasteiger partial charge in [-0.25, -0.2) is 8.78 Å². The van der Waals surface area contributed by atoms with Crippen molar-refractivity contribution in [1.29, 1.82) is 0 Å². The number of likely N-dealkylation sites (tertiary alicyclic amines) is 1. The van der Waals surface area contributed by atoms with Crippen molar-refractivity contribution in [1.82, 2.24) is 4.90 Å². The molecule has 1 saturated heterocycles. The molecule has 1 rings (SSSR count). The Morgan fingerprint density at radius 2 is 2.10 bits per heavy atom. The summed E-state index contributed by atoms with van der Waals surface area (Å²) in [6, 6.07) is 0. The molecule has 0 aromatic carbocycles. The first-order valence-corrected chi connectivity index (χ1v) is 3.34. The highest BCUT2D eigenvalue weighted by atomic mass is 32.1. The summed E-state index contributed by atoms with van der Waals surface area (Å²) in [5.41, 5.74) is 5.17. The highest BCUT2D eigenvalue weighted by Gasteiger charge is 2.34. The summed E-state index contributed by atoms with van der Waals surface area (Å²) in [7, 11) is 0. The van der Waals surface area contributed by atoms with Gasteiger partial charge in [0, 0.05) is 13.1 Å². The van der Waals surface area contributed by atoms with Crippen LogP contribution in [-0.2, 0) is 0 Å². The molecular weight excluding hydrogens is 158 g/mol. The Labute approximate surface area is 63.0 Å². The molecule has 0 aromatic heterocycles. The van der Waals surface area contributed by atoms with E-state index in [1.807, 2.05) is 0 Å². The lowest BCUT2D eigenvalue weighted by atomic mass is 10.0. The van der Waals surface area contributed by atoms with E-state index < -0.39 is 12.3 Å². The summed E-state index contributed by atoms with van der Waals surface area (Å²) in [4.78, 5) is 1.56. The number of halogens is 2. The summed E-state index contributed by atoms with van der Waals surface area (Å²) in [6.45, 7) is 0.625. The van der Waals surface area contributed by atoms with E-state index in [-0.39, 0.29) is 5.11 Å². The maximum absolute atomic E-state index is 11.8. The predicted molar refractivity (Wildman–Crippen MR) is 37.9 cm³/mol. The minimum absolute atomic E-state index is 0.219. The zero-order valence-electron chi connectivity index (χ0n) is 5.26. The second-order valence-electron chi connectivity index (χ2n) is 2.34. The molecule has 0 aliphatic carbocycles. The molecule has 1 heterocycles. The molecule has 5 heteroatoms. The van der Waals surface area contributed by atoms with Gasteiger partial charge in [0.2, 0.25) is 6.43 Å². The number of thiocarbonyl (C=S) groups is 1. The van der Waals surface area contributed by atoms with E-state index in [1.165, 1.54) is 0 Å². The summed E-state index contributed by atoms with van der Waals surface area (Å²) in [5, 5.41) is 0.219. The van der Waals surface area contributed by atoms with Crippen LogP contribution in [0.1, 0.15) is 0 Å². The number of nitrogens with two attached hydrogens (primary N) is 1. The van der Waals surface area contributed by atoms with Crippen LogP contribution in [-0.4, -0.2) is 29.5 Å². The molecule has 1 aliphatic heterocycles. The zero-order chi connectivity index (χ0) is 7.72. The zero-order valence-corrected chi connectivity index (χ0v) is 6.07. The largest absolute Gasteiger partial charge is 0.376 e. The van der Waals surface area contributed by atoms with E-state index in [1.54, 1.807) is 4.90 Å². The molecule has 0 saturated carbocycles. The van der Waals surface area contributed by atoms with Gasteiger partial charge in [-0.1, -0.05) is 0 Å². The predicted octanol–water partition coefficient (Wildman–Crippen LogP) is 0.427. The highest BCUT2D eigenvalue weighted by molar-refractivity contribution is 7.80. The number of nitrogens with zero attached hydrogens (tertiary/aromatic N) is 1. The molecule has 2 nitrogen and oxygen atoms in total. The fraction of sp³-hybridized carbons (Fsp3) is 0.800. The maximum atomic E-state index is 11.8. The monoisotopic (exact) mass is 166 g/mol. The van der Waals surface area contributed by atoms with Crippen LogP contribution in [0.5, 0.6) is 0 Å². The topological polar surface area (TPSA) is 29.3 Å². The first-order chi connectivity index (χ1) is 4.61. The van der Waals surface area contributed by atoms with E-state index in [2.05, 4.69) is 12.2 Å². The summed E-state index contributed by atoms with van der Waals surface area (Å²) >= 11 is 4.57. The quantitative estimate of drug-likeness (QED) is 0.573. The van der Waals surface area contributed by atoms with Crippen LogP contribution in [0.3, 0.4) is 0 Å². The van der Waals surface area contributed by atoms with Gasteiger partial charge in [-0.3, -0.25) is 0 Å². The average molecular weight is 166 g/mol. The fourth-order valence-corrected chi connectivity index (χ4v) is 1.00. The number of hydrogen-bond acceptors (Lipinski definition) is 1. The van der Waals surface area contributed by atoms with Crippen molar-refractivity contribution in [2.24, 2.45) is 11.7 Å². The highest BCUT2D eigenvalue weighted by Crippen LogP contribution is 2.21. The Kier molecular flexibility index (Phi) is 2.03. The molecule has 0 atom stereocenters. The Hall–Kier alpha value is -0.450. The molecule has 2 N–H and O–H groups in total. The van der Waals surface area contributed by atoms with Crippen LogP contribution < -0.4 is 5.73 Å². The Bertz CT molecular complexity index is 145.